The van der Waals surface area contributed by atoms with Gasteiger partial charge in [0.2, 0.25) is 5.88 Å². The summed E-state index contributed by atoms with van der Waals surface area (Å²) in [6.45, 7) is 0.458. The Labute approximate surface area is 124 Å². The number of amides is 1. The summed E-state index contributed by atoms with van der Waals surface area (Å²) < 4.78 is 40.5. The number of benzene rings is 1. The second-order valence-electron chi connectivity index (χ2n) is 4.61. The van der Waals surface area contributed by atoms with Crippen LogP contribution >= 0.6 is 0 Å². The van der Waals surface area contributed by atoms with Gasteiger partial charge in [-0.1, -0.05) is 17.7 Å². The highest BCUT2D eigenvalue weighted by Gasteiger charge is 2.28. The van der Waals surface area contributed by atoms with Gasteiger partial charge in [-0.3, -0.25) is 4.79 Å². The van der Waals surface area contributed by atoms with Crippen LogP contribution in [0.15, 0.2) is 42.6 Å². The molecule has 2 rings (SSSR count). The fourth-order valence-corrected chi connectivity index (χ4v) is 1.68. The van der Waals surface area contributed by atoms with Crippen molar-refractivity contribution in [3.8, 4) is 5.88 Å². The predicted molar refractivity (Wildman–Crippen MR) is 74.9 cm³/mol. The first-order valence-corrected chi connectivity index (χ1v) is 6.37. The number of aryl methyl sites for hydroxylation is 1. The Balaban J connectivity index is 1.98. The Kier molecular flexibility index (Phi) is 4.65. The molecule has 0 saturated carbocycles. The topological polar surface area (TPSA) is 51.2 Å². The van der Waals surface area contributed by atoms with Crippen molar-refractivity contribution in [2.24, 2.45) is 0 Å². The number of hydrogen-bond acceptors (Lipinski definition) is 3. The van der Waals surface area contributed by atoms with Crippen molar-refractivity contribution in [3.05, 3.63) is 53.7 Å². The highest BCUT2D eigenvalue weighted by atomic mass is 19.4. The lowest BCUT2D eigenvalue weighted by Gasteiger charge is -2.09. The zero-order valence-corrected chi connectivity index (χ0v) is 11.6. The molecule has 0 aliphatic carbocycles. The van der Waals surface area contributed by atoms with Gasteiger partial charge in [0.25, 0.3) is 5.91 Å². The Morgan fingerprint density at radius 2 is 2.05 bits per heavy atom. The molecule has 0 atom stereocenters. The van der Waals surface area contributed by atoms with Gasteiger partial charge in [-0.2, -0.15) is 13.2 Å². The second-order valence-corrected chi connectivity index (χ2v) is 4.61. The molecular weight excluding hydrogens is 297 g/mol. The first-order chi connectivity index (χ1) is 10.3. The molecule has 0 spiro atoms. The van der Waals surface area contributed by atoms with Crippen molar-refractivity contribution in [1.29, 1.82) is 0 Å². The van der Waals surface area contributed by atoms with Gasteiger partial charge in [-0.15, -0.1) is 0 Å². The molecule has 0 bridgehead atoms. The van der Waals surface area contributed by atoms with E-state index < -0.39 is 12.8 Å². The average Bonchev–Trinajstić information content (AvgIpc) is 2.46. The minimum Gasteiger partial charge on any atom is -0.468 e. The molecular formula is C15H13F3N2O2. The van der Waals surface area contributed by atoms with Crippen LogP contribution in [0.3, 0.4) is 0 Å². The molecule has 0 radical (unpaired) electrons. The molecule has 22 heavy (non-hydrogen) atoms. The van der Waals surface area contributed by atoms with E-state index in [-0.39, 0.29) is 11.8 Å². The summed E-state index contributed by atoms with van der Waals surface area (Å²) in [6.07, 6.45) is -3.18. The largest absolute Gasteiger partial charge is 0.468 e. The number of carbonyl (C=O) groups is 1. The van der Waals surface area contributed by atoms with Crippen LogP contribution in [0.4, 0.5) is 18.9 Å². The number of halogens is 3. The van der Waals surface area contributed by atoms with Gasteiger partial charge in [0.15, 0.2) is 6.61 Å². The lowest BCUT2D eigenvalue weighted by Crippen LogP contribution is -2.19. The van der Waals surface area contributed by atoms with Crippen molar-refractivity contribution in [2.75, 3.05) is 11.9 Å². The fraction of sp³-hybridized carbons (Fsp3) is 0.200. The Morgan fingerprint density at radius 3 is 2.64 bits per heavy atom. The third kappa shape index (κ3) is 4.76. The molecule has 0 aliphatic rings. The molecule has 116 valence electrons. The monoisotopic (exact) mass is 310 g/mol. The number of anilines is 1. The lowest BCUT2D eigenvalue weighted by atomic mass is 10.1. The summed E-state index contributed by atoms with van der Waals surface area (Å²) in [5, 5.41) is 2.61. The number of pyridine rings is 1. The maximum Gasteiger partial charge on any atom is 0.422 e. The minimum absolute atomic E-state index is 0.161. The number of aromatic nitrogens is 1. The van der Waals surface area contributed by atoms with Crippen LogP contribution in [-0.2, 0) is 0 Å². The SMILES string of the molecule is Cc1cccc(C(=O)Nc2ccc(OCC(F)(F)F)nc2)c1. The zero-order valence-electron chi connectivity index (χ0n) is 11.6. The normalized spacial score (nSPS) is 11.1. The number of hydrogen-bond donors (Lipinski definition) is 1. The summed E-state index contributed by atoms with van der Waals surface area (Å²) in [6, 6.07) is 9.70. The third-order valence-electron chi connectivity index (χ3n) is 2.66. The van der Waals surface area contributed by atoms with E-state index in [1.54, 1.807) is 18.2 Å². The molecule has 0 fully saturated rings. The van der Waals surface area contributed by atoms with Gasteiger partial charge >= 0.3 is 6.18 Å². The molecule has 4 nitrogen and oxygen atoms in total. The Morgan fingerprint density at radius 1 is 1.27 bits per heavy atom. The molecule has 1 amide bonds. The number of alkyl halides is 3. The quantitative estimate of drug-likeness (QED) is 0.939. The van der Waals surface area contributed by atoms with E-state index in [1.165, 1.54) is 18.3 Å². The van der Waals surface area contributed by atoms with E-state index in [2.05, 4.69) is 15.0 Å². The fourth-order valence-electron chi connectivity index (χ4n) is 1.68. The van der Waals surface area contributed by atoms with Gasteiger partial charge < -0.3 is 10.1 Å². The molecule has 0 saturated heterocycles. The molecule has 2 aromatic rings. The maximum atomic E-state index is 12.0. The van der Waals surface area contributed by atoms with Crippen LogP contribution in [0, 0.1) is 6.92 Å². The van der Waals surface area contributed by atoms with Crippen LogP contribution in [-0.4, -0.2) is 23.7 Å². The van der Waals surface area contributed by atoms with Gasteiger partial charge in [0, 0.05) is 11.6 Å². The van der Waals surface area contributed by atoms with Crippen molar-refractivity contribution in [2.45, 2.75) is 13.1 Å². The van der Waals surface area contributed by atoms with Crippen LogP contribution < -0.4 is 10.1 Å². The molecule has 1 aromatic carbocycles. The van der Waals surface area contributed by atoms with Crippen molar-refractivity contribution >= 4 is 11.6 Å². The van der Waals surface area contributed by atoms with E-state index in [0.29, 0.717) is 11.3 Å². The number of rotatable bonds is 4. The highest BCUT2D eigenvalue weighted by Crippen LogP contribution is 2.18. The maximum absolute atomic E-state index is 12.0. The predicted octanol–water partition coefficient (Wildman–Crippen LogP) is 3.58. The first kappa shape index (κ1) is 15.8. The van der Waals surface area contributed by atoms with Crippen molar-refractivity contribution in [3.63, 3.8) is 0 Å². The van der Waals surface area contributed by atoms with Gasteiger partial charge in [0.1, 0.15) is 0 Å². The van der Waals surface area contributed by atoms with E-state index >= 15 is 0 Å². The first-order valence-electron chi connectivity index (χ1n) is 6.37. The number of nitrogens with zero attached hydrogens (tertiary/aromatic N) is 1. The molecule has 1 heterocycles. The highest BCUT2D eigenvalue weighted by molar-refractivity contribution is 6.04. The number of carbonyl (C=O) groups excluding carboxylic acids is 1. The molecule has 1 aromatic heterocycles. The van der Waals surface area contributed by atoms with Crippen molar-refractivity contribution < 1.29 is 22.7 Å². The Hall–Kier alpha value is -2.57. The summed E-state index contributed by atoms with van der Waals surface area (Å²) in [5.41, 5.74) is 1.80. The standard InChI is InChI=1S/C15H13F3N2O2/c1-10-3-2-4-11(7-10)14(21)20-12-5-6-13(19-8-12)22-9-15(16,17)18/h2-8H,9H2,1H3,(H,20,21). The van der Waals surface area contributed by atoms with Gasteiger partial charge in [-0.25, -0.2) is 4.98 Å². The summed E-state index contributed by atoms with van der Waals surface area (Å²) in [7, 11) is 0. The molecule has 0 aliphatic heterocycles. The minimum atomic E-state index is -4.42. The van der Waals surface area contributed by atoms with E-state index in [9.17, 15) is 18.0 Å². The smallest absolute Gasteiger partial charge is 0.422 e. The second kappa shape index (κ2) is 6.46. The van der Waals surface area contributed by atoms with E-state index in [0.717, 1.165) is 5.56 Å². The summed E-state index contributed by atoms with van der Waals surface area (Å²) in [5.74, 6) is -0.486. The summed E-state index contributed by atoms with van der Waals surface area (Å²) in [4.78, 5) is 15.7. The Bertz CT molecular complexity index is 655. The average molecular weight is 310 g/mol. The molecule has 1 N–H and O–H groups in total. The van der Waals surface area contributed by atoms with Crippen LogP contribution in [0.25, 0.3) is 0 Å². The van der Waals surface area contributed by atoms with Gasteiger partial charge in [0.05, 0.1) is 11.9 Å². The van der Waals surface area contributed by atoms with Crippen LogP contribution in [0.5, 0.6) is 5.88 Å². The number of ether oxygens (including phenoxy) is 1. The number of nitrogens with one attached hydrogen (secondary N) is 1. The zero-order chi connectivity index (χ0) is 16.2. The molecule has 7 heteroatoms. The van der Waals surface area contributed by atoms with Gasteiger partial charge in [-0.05, 0) is 25.1 Å². The summed E-state index contributed by atoms with van der Waals surface area (Å²) >= 11 is 0. The van der Waals surface area contributed by atoms with E-state index in [4.69, 9.17) is 0 Å². The van der Waals surface area contributed by atoms with E-state index in [1.807, 2.05) is 13.0 Å². The van der Waals surface area contributed by atoms with Crippen LogP contribution in [0.2, 0.25) is 0 Å². The van der Waals surface area contributed by atoms with Crippen molar-refractivity contribution in [1.82, 2.24) is 4.98 Å². The third-order valence-corrected chi connectivity index (χ3v) is 2.66. The lowest BCUT2D eigenvalue weighted by molar-refractivity contribution is -0.154. The van der Waals surface area contributed by atoms with Crippen LogP contribution in [0.1, 0.15) is 15.9 Å². The molecule has 0 unspecified atom stereocenters.